The third kappa shape index (κ3) is 4.18. The number of carbonyl (C=O) groups excluding carboxylic acids is 1. The lowest BCUT2D eigenvalue weighted by Gasteiger charge is -2.25. The fourth-order valence-electron chi connectivity index (χ4n) is 1.49. The zero-order chi connectivity index (χ0) is 11.3. The molecule has 15 heavy (non-hydrogen) atoms. The Hall–Kier alpha value is -0.610. The van der Waals surface area contributed by atoms with Crippen LogP contribution in [0.3, 0.4) is 0 Å². The molecule has 0 aromatic heterocycles. The third-order valence-electron chi connectivity index (χ3n) is 2.94. The summed E-state index contributed by atoms with van der Waals surface area (Å²) in [4.78, 5) is 11.7. The zero-order valence-corrected chi connectivity index (χ0v) is 9.58. The molecule has 4 nitrogen and oxygen atoms in total. The number of hydrogen-bond donors (Lipinski definition) is 2. The molecule has 0 aromatic rings. The van der Waals surface area contributed by atoms with Crippen LogP contribution in [0.15, 0.2) is 0 Å². The maximum absolute atomic E-state index is 11.7. The van der Waals surface area contributed by atoms with Gasteiger partial charge in [0.25, 0.3) is 0 Å². The molecule has 1 aliphatic heterocycles. The van der Waals surface area contributed by atoms with E-state index in [1.54, 1.807) is 6.92 Å². The molecule has 1 saturated heterocycles. The van der Waals surface area contributed by atoms with E-state index in [1.165, 1.54) is 0 Å². The number of carbonyl (C=O) groups is 1. The third-order valence-corrected chi connectivity index (χ3v) is 2.94. The van der Waals surface area contributed by atoms with Crippen molar-refractivity contribution in [2.45, 2.75) is 38.7 Å². The van der Waals surface area contributed by atoms with E-state index in [0.717, 1.165) is 19.4 Å². The summed E-state index contributed by atoms with van der Waals surface area (Å²) in [6.45, 7) is 5.22. The maximum atomic E-state index is 11.7. The monoisotopic (exact) mass is 215 g/mol. The van der Waals surface area contributed by atoms with E-state index in [9.17, 15) is 9.90 Å². The second kappa shape index (κ2) is 5.47. The Bertz CT molecular complexity index is 210. The topological polar surface area (TPSA) is 58.6 Å². The quantitative estimate of drug-likeness (QED) is 0.725. The second-order valence-electron chi connectivity index (χ2n) is 4.48. The number of nitrogens with one attached hydrogen (secondary N) is 1. The predicted molar refractivity (Wildman–Crippen MR) is 57.5 cm³/mol. The van der Waals surface area contributed by atoms with Crippen LogP contribution in [-0.4, -0.2) is 36.4 Å². The molecule has 1 heterocycles. The van der Waals surface area contributed by atoms with E-state index in [0.29, 0.717) is 19.6 Å². The first kappa shape index (κ1) is 12.5. The highest BCUT2D eigenvalue weighted by Gasteiger charge is 2.24. The average Bonchev–Trinajstić information content (AvgIpc) is 2.27. The Morgan fingerprint density at radius 2 is 2.40 bits per heavy atom. The molecule has 4 heteroatoms. The smallest absolute Gasteiger partial charge is 0.225 e. The van der Waals surface area contributed by atoms with Crippen LogP contribution in [0.4, 0.5) is 0 Å². The van der Waals surface area contributed by atoms with Crippen LogP contribution in [0.1, 0.15) is 33.1 Å². The van der Waals surface area contributed by atoms with E-state index in [1.807, 2.05) is 6.92 Å². The van der Waals surface area contributed by atoms with Crippen molar-refractivity contribution in [2.24, 2.45) is 5.92 Å². The van der Waals surface area contributed by atoms with Crippen molar-refractivity contribution in [1.29, 1.82) is 0 Å². The largest absolute Gasteiger partial charge is 0.388 e. The number of rotatable bonds is 4. The minimum atomic E-state index is -0.800. The molecule has 1 amide bonds. The lowest BCUT2D eigenvalue weighted by Crippen LogP contribution is -2.44. The molecular formula is C11H21NO3. The maximum Gasteiger partial charge on any atom is 0.225 e. The molecule has 1 rings (SSSR count). The van der Waals surface area contributed by atoms with Crippen LogP contribution in [0.25, 0.3) is 0 Å². The number of amides is 1. The number of aliphatic hydroxyl groups is 1. The van der Waals surface area contributed by atoms with Gasteiger partial charge >= 0.3 is 0 Å². The van der Waals surface area contributed by atoms with Crippen molar-refractivity contribution in [2.75, 3.05) is 19.8 Å². The van der Waals surface area contributed by atoms with Gasteiger partial charge in [-0.1, -0.05) is 6.92 Å². The van der Waals surface area contributed by atoms with Crippen molar-refractivity contribution in [3.8, 4) is 0 Å². The van der Waals surface area contributed by atoms with Gasteiger partial charge in [-0.15, -0.1) is 0 Å². The molecule has 1 fully saturated rings. The van der Waals surface area contributed by atoms with Gasteiger partial charge < -0.3 is 15.2 Å². The van der Waals surface area contributed by atoms with E-state index in [2.05, 4.69) is 5.32 Å². The summed E-state index contributed by atoms with van der Waals surface area (Å²) in [7, 11) is 0. The van der Waals surface area contributed by atoms with E-state index < -0.39 is 5.60 Å². The predicted octanol–water partition coefficient (Wildman–Crippen LogP) is 0.690. The Morgan fingerprint density at radius 1 is 1.67 bits per heavy atom. The molecule has 0 aromatic carbocycles. The Balaban J connectivity index is 2.28. The normalized spacial score (nSPS) is 25.7. The first-order valence-electron chi connectivity index (χ1n) is 5.63. The lowest BCUT2D eigenvalue weighted by molar-refractivity contribution is -0.130. The molecule has 0 aliphatic carbocycles. The first-order chi connectivity index (χ1) is 7.05. The zero-order valence-electron chi connectivity index (χ0n) is 9.58. The highest BCUT2D eigenvalue weighted by atomic mass is 16.5. The van der Waals surface area contributed by atoms with Crippen LogP contribution in [0, 0.1) is 5.92 Å². The van der Waals surface area contributed by atoms with Crippen molar-refractivity contribution in [3.05, 3.63) is 0 Å². The van der Waals surface area contributed by atoms with E-state index in [4.69, 9.17) is 4.74 Å². The first-order valence-corrected chi connectivity index (χ1v) is 5.63. The molecule has 0 radical (unpaired) electrons. The van der Waals surface area contributed by atoms with Crippen LogP contribution >= 0.6 is 0 Å². The standard InChI is InChI=1S/C11H21NO3/c1-3-11(2,14)8-12-10(13)9-5-4-6-15-7-9/h9,14H,3-8H2,1-2H3,(H,12,13). The Labute approximate surface area is 91.0 Å². The Kier molecular flexibility index (Phi) is 4.54. The van der Waals surface area contributed by atoms with Crippen molar-refractivity contribution < 1.29 is 14.6 Å². The van der Waals surface area contributed by atoms with Crippen LogP contribution in [0.2, 0.25) is 0 Å². The van der Waals surface area contributed by atoms with E-state index in [-0.39, 0.29) is 11.8 Å². The van der Waals surface area contributed by atoms with Gasteiger partial charge in [-0.25, -0.2) is 0 Å². The van der Waals surface area contributed by atoms with Crippen molar-refractivity contribution in [1.82, 2.24) is 5.32 Å². The summed E-state index contributed by atoms with van der Waals surface area (Å²) < 4.78 is 5.24. The van der Waals surface area contributed by atoms with Gasteiger partial charge in [-0.3, -0.25) is 4.79 Å². The lowest BCUT2D eigenvalue weighted by atomic mass is 10.00. The number of ether oxygens (including phenoxy) is 1. The van der Waals surface area contributed by atoms with Crippen LogP contribution in [-0.2, 0) is 9.53 Å². The molecule has 0 saturated carbocycles. The Morgan fingerprint density at radius 3 is 2.93 bits per heavy atom. The van der Waals surface area contributed by atoms with Gasteiger partial charge in [-0.05, 0) is 26.2 Å². The molecule has 1 aliphatic rings. The summed E-state index contributed by atoms with van der Waals surface area (Å²) >= 11 is 0. The van der Waals surface area contributed by atoms with Crippen LogP contribution < -0.4 is 5.32 Å². The van der Waals surface area contributed by atoms with Gasteiger partial charge in [0.05, 0.1) is 18.1 Å². The van der Waals surface area contributed by atoms with Crippen LogP contribution in [0.5, 0.6) is 0 Å². The van der Waals surface area contributed by atoms with Crippen molar-refractivity contribution >= 4 is 5.91 Å². The highest BCUT2D eigenvalue weighted by molar-refractivity contribution is 5.78. The van der Waals surface area contributed by atoms with Gasteiger partial charge in [0, 0.05) is 13.2 Å². The van der Waals surface area contributed by atoms with Gasteiger partial charge in [0.15, 0.2) is 0 Å². The molecule has 0 bridgehead atoms. The highest BCUT2D eigenvalue weighted by Crippen LogP contribution is 2.14. The molecule has 2 unspecified atom stereocenters. The molecule has 88 valence electrons. The molecule has 0 spiro atoms. The summed E-state index contributed by atoms with van der Waals surface area (Å²) in [6, 6.07) is 0. The summed E-state index contributed by atoms with van der Waals surface area (Å²) in [5, 5.41) is 12.5. The van der Waals surface area contributed by atoms with Crippen molar-refractivity contribution in [3.63, 3.8) is 0 Å². The number of hydrogen-bond acceptors (Lipinski definition) is 3. The van der Waals surface area contributed by atoms with Gasteiger partial charge in [0.1, 0.15) is 0 Å². The van der Waals surface area contributed by atoms with E-state index >= 15 is 0 Å². The van der Waals surface area contributed by atoms with Gasteiger partial charge in [0.2, 0.25) is 5.91 Å². The minimum Gasteiger partial charge on any atom is -0.388 e. The SMILES string of the molecule is CCC(C)(O)CNC(=O)C1CCCOC1. The second-order valence-corrected chi connectivity index (χ2v) is 4.48. The summed E-state index contributed by atoms with van der Waals surface area (Å²) in [6.07, 6.45) is 2.47. The average molecular weight is 215 g/mol. The molecule has 2 N–H and O–H groups in total. The summed E-state index contributed by atoms with van der Waals surface area (Å²) in [5.74, 6) is -0.0326. The fraction of sp³-hybridized carbons (Fsp3) is 0.909. The summed E-state index contributed by atoms with van der Waals surface area (Å²) in [5.41, 5.74) is -0.800. The minimum absolute atomic E-state index is 0.00317. The molecular weight excluding hydrogens is 194 g/mol. The molecule has 2 atom stereocenters. The van der Waals surface area contributed by atoms with Gasteiger partial charge in [-0.2, -0.15) is 0 Å². The fourth-order valence-corrected chi connectivity index (χ4v) is 1.49.